The number of hydrogen-bond donors (Lipinski definition) is 0. The van der Waals surface area contributed by atoms with Crippen LogP contribution in [0, 0.1) is 12.7 Å². The van der Waals surface area contributed by atoms with Crippen LogP contribution in [0.1, 0.15) is 12.5 Å². The van der Waals surface area contributed by atoms with Gasteiger partial charge in [0.15, 0.2) is 0 Å². The molecule has 29 heavy (non-hydrogen) atoms. The van der Waals surface area contributed by atoms with Crippen molar-refractivity contribution in [3.8, 4) is 22.5 Å². The largest absolute Gasteiger partial charge is 0.336 e. The lowest BCUT2D eigenvalue weighted by Crippen LogP contribution is -2.23. The minimum absolute atomic E-state index is 0.165. The Kier molecular flexibility index (Phi) is 4.87. The number of hydrogen-bond acceptors (Lipinski definition) is 5. The lowest BCUT2D eigenvalue weighted by atomic mass is 10.0. The smallest absolute Gasteiger partial charge is 0.248 e. The van der Waals surface area contributed by atoms with E-state index in [1.54, 1.807) is 18.3 Å². The highest BCUT2D eigenvalue weighted by Gasteiger charge is 2.28. The maximum Gasteiger partial charge on any atom is 0.248 e. The Labute approximate surface area is 166 Å². The predicted octanol–water partition coefficient (Wildman–Crippen LogP) is 4.93. The van der Waals surface area contributed by atoms with E-state index in [9.17, 15) is 9.18 Å². The summed E-state index contributed by atoms with van der Waals surface area (Å²) < 4.78 is 19.5. The van der Waals surface area contributed by atoms with Gasteiger partial charge in [0.25, 0.3) is 0 Å². The van der Waals surface area contributed by atoms with E-state index < -0.39 is 5.82 Å². The zero-order chi connectivity index (χ0) is 20.4. The summed E-state index contributed by atoms with van der Waals surface area (Å²) in [4.78, 5) is 22.1. The number of carbonyl (C=O) groups is 1. The summed E-state index contributed by atoms with van der Waals surface area (Å²) in [6, 6.07) is 15.2. The number of anilines is 2. The van der Waals surface area contributed by atoms with Crippen molar-refractivity contribution in [2.45, 2.75) is 13.8 Å². The predicted molar refractivity (Wildman–Crippen MR) is 107 cm³/mol. The summed E-state index contributed by atoms with van der Waals surface area (Å²) in [6.45, 7) is 3.35. The molecule has 0 spiro atoms. The quantitative estimate of drug-likeness (QED) is 0.496. The number of benzene rings is 2. The molecule has 7 heteroatoms. The number of rotatable bonds is 4. The van der Waals surface area contributed by atoms with Crippen LogP contribution in [-0.2, 0) is 4.79 Å². The minimum Gasteiger partial charge on any atom is -0.336 e. The fraction of sp³-hybridized carbons (Fsp3) is 0.0909. The van der Waals surface area contributed by atoms with Gasteiger partial charge < -0.3 is 4.52 Å². The molecule has 1 amide bonds. The SMILES string of the molecule is CC(=O)N(c1cccc(F)c1)c1onc(-c2cccc(C)c2)c1-c1ccncn1. The molecule has 0 N–H and O–H groups in total. The molecule has 0 fully saturated rings. The van der Waals surface area contributed by atoms with Crippen molar-refractivity contribution in [1.29, 1.82) is 0 Å². The van der Waals surface area contributed by atoms with Gasteiger partial charge in [-0.05, 0) is 37.3 Å². The van der Waals surface area contributed by atoms with Crippen molar-refractivity contribution in [2.75, 3.05) is 4.90 Å². The van der Waals surface area contributed by atoms with Crippen LogP contribution < -0.4 is 4.90 Å². The average Bonchev–Trinajstić information content (AvgIpc) is 3.13. The molecule has 0 aliphatic heterocycles. The fourth-order valence-electron chi connectivity index (χ4n) is 3.15. The standard InChI is InChI=1S/C22H17FN4O2/c1-14-5-3-6-16(11-14)21-20(19-9-10-24-13-25-19)22(29-26-21)27(15(2)28)18-8-4-7-17(23)12-18/h3-13H,1-2H3. The maximum atomic E-state index is 13.8. The number of nitrogens with zero attached hydrogens (tertiary/aromatic N) is 4. The summed E-state index contributed by atoms with van der Waals surface area (Å²) in [6.07, 6.45) is 3.01. The van der Waals surface area contributed by atoms with Gasteiger partial charge in [0.05, 0.1) is 16.9 Å². The molecule has 0 radical (unpaired) electrons. The van der Waals surface area contributed by atoms with E-state index in [1.165, 1.54) is 36.4 Å². The highest BCUT2D eigenvalue weighted by atomic mass is 19.1. The van der Waals surface area contributed by atoms with E-state index >= 15 is 0 Å². The third-order valence-electron chi connectivity index (χ3n) is 4.39. The lowest BCUT2D eigenvalue weighted by Gasteiger charge is -2.19. The van der Waals surface area contributed by atoms with Crippen molar-refractivity contribution in [3.05, 3.63) is 78.5 Å². The van der Waals surface area contributed by atoms with Gasteiger partial charge in [-0.2, -0.15) is 0 Å². The third-order valence-corrected chi connectivity index (χ3v) is 4.39. The second-order valence-corrected chi connectivity index (χ2v) is 6.51. The van der Waals surface area contributed by atoms with Gasteiger partial charge in [-0.1, -0.05) is 35.0 Å². The zero-order valence-corrected chi connectivity index (χ0v) is 15.8. The van der Waals surface area contributed by atoms with Gasteiger partial charge in [0.1, 0.15) is 17.8 Å². The topological polar surface area (TPSA) is 72.1 Å². The molecule has 4 rings (SSSR count). The first-order chi connectivity index (χ1) is 14.0. The Bertz CT molecular complexity index is 1170. The van der Waals surface area contributed by atoms with E-state index in [2.05, 4.69) is 15.1 Å². The number of aromatic nitrogens is 3. The van der Waals surface area contributed by atoms with Crippen molar-refractivity contribution in [3.63, 3.8) is 0 Å². The van der Waals surface area contributed by atoms with Gasteiger partial charge in [0.2, 0.25) is 11.8 Å². The Morgan fingerprint density at radius 1 is 1.10 bits per heavy atom. The van der Waals surface area contributed by atoms with Gasteiger partial charge in [0, 0.05) is 18.7 Å². The van der Waals surface area contributed by atoms with E-state index in [0.717, 1.165) is 11.1 Å². The van der Waals surface area contributed by atoms with Crippen LogP contribution in [0.4, 0.5) is 16.0 Å². The van der Waals surface area contributed by atoms with E-state index in [-0.39, 0.29) is 11.8 Å². The fourth-order valence-corrected chi connectivity index (χ4v) is 3.15. The van der Waals surface area contributed by atoms with Crippen molar-refractivity contribution >= 4 is 17.5 Å². The van der Waals surface area contributed by atoms with Crippen molar-refractivity contribution in [2.24, 2.45) is 0 Å². The zero-order valence-electron chi connectivity index (χ0n) is 15.8. The highest BCUT2D eigenvalue weighted by molar-refractivity contribution is 6.02. The normalized spacial score (nSPS) is 10.7. The molecule has 0 aliphatic carbocycles. The summed E-state index contributed by atoms with van der Waals surface area (Å²) in [7, 11) is 0. The van der Waals surface area contributed by atoms with E-state index in [0.29, 0.717) is 22.6 Å². The molecule has 0 saturated carbocycles. The van der Waals surface area contributed by atoms with Gasteiger partial charge >= 0.3 is 0 Å². The number of carbonyl (C=O) groups excluding carboxylic acids is 1. The number of aryl methyl sites for hydroxylation is 1. The van der Waals surface area contributed by atoms with Crippen molar-refractivity contribution in [1.82, 2.24) is 15.1 Å². The first-order valence-electron chi connectivity index (χ1n) is 8.94. The molecule has 144 valence electrons. The molecule has 6 nitrogen and oxygen atoms in total. The van der Waals surface area contributed by atoms with Crippen LogP contribution >= 0.6 is 0 Å². The average molecular weight is 388 g/mol. The minimum atomic E-state index is -0.462. The van der Waals surface area contributed by atoms with Crippen LogP contribution in [0.3, 0.4) is 0 Å². The Morgan fingerprint density at radius 3 is 2.62 bits per heavy atom. The molecule has 0 bridgehead atoms. The molecule has 0 saturated heterocycles. The maximum absolute atomic E-state index is 13.8. The van der Waals surface area contributed by atoms with E-state index in [4.69, 9.17) is 4.52 Å². The Morgan fingerprint density at radius 2 is 1.93 bits per heavy atom. The molecule has 2 heterocycles. The third kappa shape index (κ3) is 3.62. The van der Waals surface area contributed by atoms with Gasteiger partial charge in [-0.3, -0.25) is 4.79 Å². The number of halogens is 1. The first-order valence-corrected chi connectivity index (χ1v) is 8.94. The second-order valence-electron chi connectivity index (χ2n) is 6.51. The molecule has 0 unspecified atom stereocenters. The summed E-state index contributed by atoms with van der Waals surface area (Å²) in [5, 5.41) is 4.23. The monoisotopic (exact) mass is 388 g/mol. The molecular formula is C22H17FN4O2. The van der Waals surface area contributed by atoms with Crippen LogP contribution in [0.5, 0.6) is 0 Å². The highest BCUT2D eigenvalue weighted by Crippen LogP contribution is 2.41. The molecule has 0 atom stereocenters. The second kappa shape index (κ2) is 7.63. The summed E-state index contributed by atoms with van der Waals surface area (Å²) >= 11 is 0. The van der Waals surface area contributed by atoms with Crippen LogP contribution in [0.15, 0.2) is 71.6 Å². The molecule has 2 aromatic heterocycles. The molecule has 2 aromatic carbocycles. The Balaban J connectivity index is 1.97. The molecule has 0 aliphatic rings. The van der Waals surface area contributed by atoms with Crippen LogP contribution in [-0.4, -0.2) is 21.0 Å². The summed E-state index contributed by atoms with van der Waals surface area (Å²) in [5.41, 5.74) is 3.79. The van der Waals surface area contributed by atoms with Crippen LogP contribution in [0.2, 0.25) is 0 Å². The van der Waals surface area contributed by atoms with E-state index in [1.807, 2.05) is 31.2 Å². The van der Waals surface area contributed by atoms with Gasteiger partial charge in [-0.15, -0.1) is 0 Å². The van der Waals surface area contributed by atoms with Crippen LogP contribution in [0.25, 0.3) is 22.5 Å². The van der Waals surface area contributed by atoms with Crippen molar-refractivity contribution < 1.29 is 13.7 Å². The van der Waals surface area contributed by atoms with Gasteiger partial charge in [-0.25, -0.2) is 19.3 Å². The molecule has 4 aromatic rings. The first kappa shape index (κ1) is 18.5. The molecular weight excluding hydrogens is 371 g/mol. The lowest BCUT2D eigenvalue weighted by molar-refractivity contribution is -0.116. The summed E-state index contributed by atoms with van der Waals surface area (Å²) in [5.74, 6) is -0.646. The Hall–Kier alpha value is -3.87. The number of amides is 1.